The molecule has 0 aromatic heterocycles. The van der Waals surface area contributed by atoms with Crippen LogP contribution in [0.25, 0.3) is 0 Å². The van der Waals surface area contributed by atoms with E-state index in [1.807, 2.05) is 36.4 Å². The standard InChI is InChI=1S/C19H23NO2S/c1-3-14(2)18-9-4-5-10-19(18)20-23(21,22)17-12-11-15-7-6-8-16(15)13-17/h4-5,9-14,20H,3,6-8H2,1-2H3/t14-/m1/s1. The van der Waals surface area contributed by atoms with Crippen LogP contribution in [-0.2, 0) is 22.9 Å². The van der Waals surface area contributed by atoms with E-state index in [0.29, 0.717) is 16.5 Å². The molecule has 0 amide bonds. The second kappa shape index (κ2) is 6.36. The van der Waals surface area contributed by atoms with Gasteiger partial charge in [0.1, 0.15) is 0 Å². The number of sulfonamides is 1. The number of fused-ring (bicyclic) bond motifs is 1. The third-order valence-electron chi connectivity index (χ3n) is 4.73. The molecular formula is C19H23NO2S. The largest absolute Gasteiger partial charge is 0.279 e. The van der Waals surface area contributed by atoms with Crippen LogP contribution in [0, 0.1) is 0 Å². The van der Waals surface area contributed by atoms with Crippen LogP contribution in [-0.4, -0.2) is 8.42 Å². The molecule has 0 saturated heterocycles. The molecule has 2 aromatic carbocycles. The lowest BCUT2D eigenvalue weighted by Gasteiger charge is -2.17. The van der Waals surface area contributed by atoms with Gasteiger partial charge in [-0.25, -0.2) is 8.42 Å². The molecule has 122 valence electrons. The lowest BCUT2D eigenvalue weighted by molar-refractivity contribution is 0.601. The first-order valence-corrected chi connectivity index (χ1v) is 9.73. The number of para-hydroxylation sites is 1. The van der Waals surface area contributed by atoms with Gasteiger partial charge >= 0.3 is 0 Å². The highest BCUT2D eigenvalue weighted by Crippen LogP contribution is 2.30. The van der Waals surface area contributed by atoms with E-state index in [1.54, 1.807) is 6.07 Å². The summed E-state index contributed by atoms with van der Waals surface area (Å²) in [5, 5.41) is 0. The van der Waals surface area contributed by atoms with Crippen LogP contribution in [0.4, 0.5) is 5.69 Å². The highest BCUT2D eigenvalue weighted by atomic mass is 32.2. The number of rotatable bonds is 5. The van der Waals surface area contributed by atoms with E-state index in [4.69, 9.17) is 0 Å². The second-order valence-corrected chi connectivity index (χ2v) is 7.97. The molecule has 0 saturated carbocycles. The van der Waals surface area contributed by atoms with Crippen molar-refractivity contribution in [2.45, 2.75) is 50.3 Å². The lowest BCUT2D eigenvalue weighted by atomic mass is 9.97. The Labute approximate surface area is 138 Å². The third kappa shape index (κ3) is 3.27. The highest BCUT2D eigenvalue weighted by molar-refractivity contribution is 7.92. The lowest BCUT2D eigenvalue weighted by Crippen LogP contribution is -2.15. The van der Waals surface area contributed by atoms with Gasteiger partial charge in [-0.1, -0.05) is 38.1 Å². The number of nitrogens with one attached hydrogen (secondary N) is 1. The summed E-state index contributed by atoms with van der Waals surface area (Å²) in [5.41, 5.74) is 4.18. The quantitative estimate of drug-likeness (QED) is 0.878. The van der Waals surface area contributed by atoms with Crippen LogP contribution < -0.4 is 4.72 Å². The van der Waals surface area contributed by atoms with Crippen LogP contribution >= 0.6 is 0 Å². The maximum atomic E-state index is 12.8. The molecule has 0 aliphatic heterocycles. The third-order valence-corrected chi connectivity index (χ3v) is 6.09. The molecule has 3 nitrogen and oxygen atoms in total. The molecule has 3 rings (SSSR count). The first-order valence-electron chi connectivity index (χ1n) is 8.25. The molecule has 1 aliphatic carbocycles. The fourth-order valence-electron chi connectivity index (χ4n) is 3.16. The molecule has 1 N–H and O–H groups in total. The zero-order chi connectivity index (χ0) is 16.4. The molecule has 0 heterocycles. The fraction of sp³-hybridized carbons (Fsp3) is 0.368. The molecule has 2 aromatic rings. The summed E-state index contributed by atoms with van der Waals surface area (Å²) in [6.45, 7) is 4.22. The predicted molar refractivity (Wildman–Crippen MR) is 94.4 cm³/mol. The van der Waals surface area contributed by atoms with Gasteiger partial charge in [0.05, 0.1) is 10.6 Å². The van der Waals surface area contributed by atoms with Crippen molar-refractivity contribution in [2.24, 2.45) is 0 Å². The minimum atomic E-state index is -3.55. The van der Waals surface area contributed by atoms with E-state index in [1.165, 1.54) is 11.1 Å². The van der Waals surface area contributed by atoms with Gasteiger partial charge in [0.25, 0.3) is 10.0 Å². The second-order valence-electron chi connectivity index (χ2n) is 6.29. The molecular weight excluding hydrogens is 306 g/mol. The SMILES string of the molecule is CC[C@@H](C)c1ccccc1NS(=O)(=O)c1ccc2c(c1)CCC2. The van der Waals surface area contributed by atoms with Crippen molar-refractivity contribution >= 4 is 15.7 Å². The Morgan fingerprint density at radius 1 is 1.09 bits per heavy atom. The van der Waals surface area contributed by atoms with E-state index >= 15 is 0 Å². The van der Waals surface area contributed by atoms with Crippen LogP contribution in [0.5, 0.6) is 0 Å². The van der Waals surface area contributed by atoms with Gasteiger partial charge in [0.15, 0.2) is 0 Å². The smallest absolute Gasteiger partial charge is 0.261 e. The molecule has 1 aliphatic rings. The summed E-state index contributed by atoms with van der Waals surface area (Å²) in [6.07, 6.45) is 4.11. The fourth-order valence-corrected chi connectivity index (χ4v) is 4.30. The van der Waals surface area contributed by atoms with Crippen molar-refractivity contribution in [3.8, 4) is 0 Å². The average molecular weight is 329 g/mol. The zero-order valence-corrected chi connectivity index (χ0v) is 14.5. The summed E-state index contributed by atoms with van der Waals surface area (Å²) < 4.78 is 28.3. The normalized spacial score (nSPS) is 15.2. The summed E-state index contributed by atoms with van der Waals surface area (Å²) >= 11 is 0. The van der Waals surface area contributed by atoms with Crippen LogP contribution in [0.3, 0.4) is 0 Å². The molecule has 4 heteroatoms. The van der Waals surface area contributed by atoms with E-state index in [-0.39, 0.29) is 0 Å². The van der Waals surface area contributed by atoms with Crippen LogP contribution in [0.15, 0.2) is 47.4 Å². The van der Waals surface area contributed by atoms with E-state index in [0.717, 1.165) is 31.2 Å². The van der Waals surface area contributed by atoms with Gasteiger partial charge in [-0.3, -0.25) is 4.72 Å². The number of anilines is 1. The minimum Gasteiger partial charge on any atom is -0.279 e. The Balaban J connectivity index is 1.93. The molecule has 0 radical (unpaired) electrons. The van der Waals surface area contributed by atoms with Crippen molar-refractivity contribution in [2.75, 3.05) is 4.72 Å². The topological polar surface area (TPSA) is 46.2 Å². The van der Waals surface area contributed by atoms with Gasteiger partial charge in [0.2, 0.25) is 0 Å². The van der Waals surface area contributed by atoms with Gasteiger partial charge in [0, 0.05) is 0 Å². The maximum Gasteiger partial charge on any atom is 0.261 e. The average Bonchev–Trinajstić information content (AvgIpc) is 3.02. The van der Waals surface area contributed by atoms with Crippen LogP contribution in [0.1, 0.15) is 49.3 Å². The summed E-state index contributed by atoms with van der Waals surface area (Å²) in [7, 11) is -3.55. The highest BCUT2D eigenvalue weighted by Gasteiger charge is 2.20. The summed E-state index contributed by atoms with van der Waals surface area (Å²) in [4.78, 5) is 0.358. The summed E-state index contributed by atoms with van der Waals surface area (Å²) in [6, 6.07) is 13.2. The first kappa shape index (κ1) is 16.1. The number of hydrogen-bond acceptors (Lipinski definition) is 2. The van der Waals surface area contributed by atoms with E-state index < -0.39 is 10.0 Å². The minimum absolute atomic E-state index is 0.314. The van der Waals surface area contributed by atoms with Gasteiger partial charge < -0.3 is 0 Å². The van der Waals surface area contributed by atoms with E-state index in [9.17, 15) is 8.42 Å². The predicted octanol–water partition coefficient (Wildman–Crippen LogP) is 4.49. The molecule has 23 heavy (non-hydrogen) atoms. The van der Waals surface area contributed by atoms with E-state index in [2.05, 4.69) is 18.6 Å². The van der Waals surface area contributed by atoms with Gasteiger partial charge in [-0.2, -0.15) is 0 Å². The van der Waals surface area contributed by atoms with Crippen molar-refractivity contribution in [3.05, 3.63) is 59.2 Å². The Morgan fingerprint density at radius 3 is 2.61 bits per heavy atom. The maximum absolute atomic E-state index is 12.8. The Kier molecular flexibility index (Phi) is 4.44. The molecule has 0 bridgehead atoms. The zero-order valence-electron chi connectivity index (χ0n) is 13.7. The number of benzene rings is 2. The molecule has 0 fully saturated rings. The van der Waals surface area contributed by atoms with Crippen LogP contribution in [0.2, 0.25) is 0 Å². The number of hydrogen-bond donors (Lipinski definition) is 1. The first-order chi connectivity index (χ1) is 11.0. The monoisotopic (exact) mass is 329 g/mol. The molecule has 1 atom stereocenters. The van der Waals surface area contributed by atoms with Crippen molar-refractivity contribution in [1.82, 2.24) is 0 Å². The van der Waals surface area contributed by atoms with Crippen molar-refractivity contribution in [3.63, 3.8) is 0 Å². The summed E-state index contributed by atoms with van der Waals surface area (Å²) in [5.74, 6) is 0.314. The van der Waals surface area contributed by atoms with Crippen molar-refractivity contribution < 1.29 is 8.42 Å². The Hall–Kier alpha value is -1.81. The molecule has 0 spiro atoms. The van der Waals surface area contributed by atoms with Crippen molar-refractivity contribution in [1.29, 1.82) is 0 Å². The number of aryl methyl sites for hydroxylation is 2. The van der Waals surface area contributed by atoms with Gasteiger partial charge in [-0.15, -0.1) is 0 Å². The molecule has 0 unspecified atom stereocenters. The Bertz CT molecular complexity index is 812. The Morgan fingerprint density at radius 2 is 1.83 bits per heavy atom. The van der Waals surface area contributed by atoms with Gasteiger partial charge in [-0.05, 0) is 66.5 Å².